The lowest BCUT2D eigenvalue weighted by atomic mass is 9.91. The number of carbonyl (C=O) groups is 2. The van der Waals surface area contributed by atoms with Gasteiger partial charge in [0.05, 0.1) is 18.3 Å². The first-order valence-corrected chi connectivity index (χ1v) is 8.46. The Hall–Kier alpha value is -1.89. The number of piperidine rings is 1. The smallest absolute Gasteiger partial charge is 0.220 e. The minimum atomic E-state index is -0.00557. The lowest BCUT2D eigenvalue weighted by molar-refractivity contribution is -0.135. The summed E-state index contributed by atoms with van der Waals surface area (Å²) in [6.45, 7) is 8.01. The van der Waals surface area contributed by atoms with Gasteiger partial charge in [-0.05, 0) is 26.3 Å². The Morgan fingerprint density at radius 2 is 2.17 bits per heavy atom. The van der Waals surface area contributed by atoms with E-state index >= 15 is 0 Å². The molecule has 0 bridgehead atoms. The van der Waals surface area contributed by atoms with Gasteiger partial charge < -0.3 is 15.0 Å². The summed E-state index contributed by atoms with van der Waals surface area (Å²) in [6, 6.07) is 2.02. The van der Waals surface area contributed by atoms with E-state index in [1.165, 1.54) is 0 Å². The molecule has 1 N–H and O–H groups in total. The number of nitrogens with zero attached hydrogens (tertiary/aromatic N) is 3. The molecule has 0 aromatic carbocycles. The van der Waals surface area contributed by atoms with Crippen LogP contribution in [0.3, 0.4) is 0 Å². The number of carbonyl (C=O) groups excluding carboxylic acids is 2. The lowest BCUT2D eigenvalue weighted by Gasteiger charge is -2.37. The maximum absolute atomic E-state index is 12.2. The third-order valence-electron chi connectivity index (χ3n) is 4.61. The summed E-state index contributed by atoms with van der Waals surface area (Å²) in [5.41, 5.74) is 2.07. The van der Waals surface area contributed by atoms with E-state index in [2.05, 4.69) is 10.4 Å². The van der Waals surface area contributed by atoms with Crippen LogP contribution < -0.4 is 5.32 Å². The van der Waals surface area contributed by atoms with E-state index in [4.69, 9.17) is 4.74 Å². The average molecular weight is 336 g/mol. The number of amides is 2. The third kappa shape index (κ3) is 4.80. The fourth-order valence-corrected chi connectivity index (χ4v) is 3.32. The van der Waals surface area contributed by atoms with Crippen LogP contribution in [0.15, 0.2) is 6.07 Å². The summed E-state index contributed by atoms with van der Waals surface area (Å²) >= 11 is 0. The predicted molar refractivity (Wildman–Crippen MR) is 90.5 cm³/mol. The first-order chi connectivity index (χ1) is 11.4. The van der Waals surface area contributed by atoms with Crippen molar-refractivity contribution in [3.05, 3.63) is 17.5 Å². The number of likely N-dealkylation sites (tertiary alicyclic amines) is 1. The molecule has 1 aliphatic rings. The van der Waals surface area contributed by atoms with Gasteiger partial charge in [0.1, 0.15) is 0 Å². The SMILES string of the molecule is CO[C@@H]1CCN(C(C)=O)C[C@H]1CC(=O)NCCn1nc(C)cc1C. The normalized spacial score (nSPS) is 20.9. The summed E-state index contributed by atoms with van der Waals surface area (Å²) in [6.07, 6.45) is 1.18. The highest BCUT2D eigenvalue weighted by molar-refractivity contribution is 5.76. The highest BCUT2D eigenvalue weighted by Gasteiger charge is 2.31. The van der Waals surface area contributed by atoms with Crippen molar-refractivity contribution in [2.24, 2.45) is 5.92 Å². The van der Waals surface area contributed by atoms with Gasteiger partial charge >= 0.3 is 0 Å². The summed E-state index contributed by atoms with van der Waals surface area (Å²) < 4.78 is 7.39. The molecule has 2 rings (SSSR count). The van der Waals surface area contributed by atoms with Crippen LogP contribution in [0, 0.1) is 19.8 Å². The van der Waals surface area contributed by atoms with Gasteiger partial charge in [-0.1, -0.05) is 0 Å². The van der Waals surface area contributed by atoms with E-state index in [-0.39, 0.29) is 23.8 Å². The van der Waals surface area contributed by atoms with Crippen molar-refractivity contribution in [1.82, 2.24) is 20.0 Å². The molecule has 0 saturated carbocycles. The van der Waals surface area contributed by atoms with E-state index in [0.29, 0.717) is 32.6 Å². The zero-order chi connectivity index (χ0) is 17.7. The minimum Gasteiger partial charge on any atom is -0.381 e. The topological polar surface area (TPSA) is 76.5 Å². The maximum Gasteiger partial charge on any atom is 0.220 e. The number of hydrogen-bond donors (Lipinski definition) is 1. The molecule has 134 valence electrons. The Morgan fingerprint density at radius 3 is 2.75 bits per heavy atom. The fourth-order valence-electron chi connectivity index (χ4n) is 3.32. The van der Waals surface area contributed by atoms with Crippen LogP contribution in [-0.2, 0) is 20.9 Å². The van der Waals surface area contributed by atoms with E-state index in [1.54, 1.807) is 18.9 Å². The molecule has 2 heterocycles. The summed E-state index contributed by atoms with van der Waals surface area (Å²) in [5.74, 6) is 0.0924. The molecule has 0 spiro atoms. The zero-order valence-electron chi connectivity index (χ0n) is 15.0. The molecule has 24 heavy (non-hydrogen) atoms. The minimum absolute atomic E-state index is 0.00557. The van der Waals surface area contributed by atoms with E-state index < -0.39 is 0 Å². The lowest BCUT2D eigenvalue weighted by Crippen LogP contribution is -2.47. The molecule has 1 aromatic rings. The van der Waals surface area contributed by atoms with Gasteiger partial charge in [-0.2, -0.15) is 5.10 Å². The molecule has 1 saturated heterocycles. The van der Waals surface area contributed by atoms with E-state index in [1.807, 2.05) is 24.6 Å². The number of nitrogens with one attached hydrogen (secondary N) is 1. The Kier molecular flexibility index (Phi) is 6.36. The number of rotatable bonds is 6. The van der Waals surface area contributed by atoms with Gasteiger partial charge in [-0.3, -0.25) is 14.3 Å². The van der Waals surface area contributed by atoms with Crippen LogP contribution >= 0.6 is 0 Å². The van der Waals surface area contributed by atoms with Gasteiger partial charge in [0.25, 0.3) is 0 Å². The maximum atomic E-state index is 12.2. The molecule has 1 fully saturated rings. The molecular formula is C17H28N4O3. The van der Waals surface area contributed by atoms with Gasteiger partial charge in [0.15, 0.2) is 0 Å². The fraction of sp³-hybridized carbons (Fsp3) is 0.706. The van der Waals surface area contributed by atoms with E-state index in [9.17, 15) is 9.59 Å². The van der Waals surface area contributed by atoms with Gasteiger partial charge in [0, 0.05) is 51.7 Å². The van der Waals surface area contributed by atoms with Crippen LogP contribution in [0.25, 0.3) is 0 Å². The summed E-state index contributed by atoms with van der Waals surface area (Å²) in [5, 5.41) is 7.32. The Bertz CT molecular complexity index is 584. The molecule has 1 aromatic heterocycles. The number of aromatic nitrogens is 2. The first kappa shape index (κ1) is 18.4. The highest BCUT2D eigenvalue weighted by Crippen LogP contribution is 2.22. The van der Waals surface area contributed by atoms with Crippen molar-refractivity contribution in [2.45, 2.75) is 46.3 Å². The number of aryl methyl sites for hydroxylation is 2. The summed E-state index contributed by atoms with van der Waals surface area (Å²) in [4.78, 5) is 25.6. The molecule has 0 unspecified atom stereocenters. The van der Waals surface area contributed by atoms with Crippen LogP contribution in [0.1, 0.15) is 31.2 Å². The number of ether oxygens (including phenoxy) is 1. The molecule has 0 aliphatic carbocycles. The van der Waals surface area contributed by atoms with Crippen LogP contribution in [0.2, 0.25) is 0 Å². The van der Waals surface area contributed by atoms with Crippen molar-refractivity contribution in [3.8, 4) is 0 Å². The summed E-state index contributed by atoms with van der Waals surface area (Å²) in [7, 11) is 1.67. The molecule has 2 atom stereocenters. The van der Waals surface area contributed by atoms with Crippen molar-refractivity contribution in [3.63, 3.8) is 0 Å². The third-order valence-corrected chi connectivity index (χ3v) is 4.61. The van der Waals surface area contributed by atoms with Crippen LogP contribution in [0.5, 0.6) is 0 Å². The van der Waals surface area contributed by atoms with Gasteiger partial charge in [-0.25, -0.2) is 0 Å². The second-order valence-electron chi connectivity index (χ2n) is 6.49. The van der Waals surface area contributed by atoms with Crippen molar-refractivity contribution in [2.75, 3.05) is 26.7 Å². The predicted octanol–water partition coefficient (Wildman–Crippen LogP) is 0.890. The Labute approximate surface area is 143 Å². The standard InChI is InChI=1S/C17H28N4O3/c1-12-9-13(2)21(19-12)8-6-18-17(23)10-15-11-20(14(3)22)7-5-16(15)24-4/h9,15-16H,5-8,10-11H2,1-4H3,(H,18,23)/t15-,16-/m1/s1. The zero-order valence-corrected chi connectivity index (χ0v) is 15.0. The van der Waals surface area contributed by atoms with Crippen LogP contribution in [-0.4, -0.2) is 59.3 Å². The molecule has 2 amide bonds. The monoisotopic (exact) mass is 336 g/mol. The quantitative estimate of drug-likeness (QED) is 0.837. The highest BCUT2D eigenvalue weighted by atomic mass is 16.5. The van der Waals surface area contributed by atoms with Crippen molar-refractivity contribution in [1.29, 1.82) is 0 Å². The number of methoxy groups -OCH3 is 1. The molecule has 1 aliphatic heterocycles. The average Bonchev–Trinajstić information content (AvgIpc) is 2.85. The van der Waals surface area contributed by atoms with Gasteiger partial charge in [0.2, 0.25) is 11.8 Å². The van der Waals surface area contributed by atoms with Crippen LogP contribution in [0.4, 0.5) is 0 Å². The van der Waals surface area contributed by atoms with Crippen molar-refractivity contribution >= 4 is 11.8 Å². The van der Waals surface area contributed by atoms with E-state index in [0.717, 1.165) is 17.8 Å². The molecule has 0 radical (unpaired) electrons. The van der Waals surface area contributed by atoms with Gasteiger partial charge in [-0.15, -0.1) is 0 Å². The van der Waals surface area contributed by atoms with Crippen molar-refractivity contribution < 1.29 is 14.3 Å². The molecule has 7 heteroatoms. The Balaban J connectivity index is 1.81. The second kappa shape index (κ2) is 8.28. The molecular weight excluding hydrogens is 308 g/mol. The number of hydrogen-bond acceptors (Lipinski definition) is 4. The second-order valence-corrected chi connectivity index (χ2v) is 6.49. The Morgan fingerprint density at radius 1 is 1.42 bits per heavy atom. The molecule has 7 nitrogen and oxygen atoms in total. The largest absolute Gasteiger partial charge is 0.381 e. The first-order valence-electron chi connectivity index (χ1n) is 8.46.